The van der Waals surface area contributed by atoms with Gasteiger partial charge in [0.15, 0.2) is 0 Å². The van der Waals surface area contributed by atoms with Crippen molar-refractivity contribution in [1.82, 2.24) is 0 Å². The van der Waals surface area contributed by atoms with Gasteiger partial charge < -0.3 is 4.74 Å². The van der Waals surface area contributed by atoms with Gasteiger partial charge in [-0.3, -0.25) is 4.79 Å². The zero-order valence-electron chi connectivity index (χ0n) is 8.92. The summed E-state index contributed by atoms with van der Waals surface area (Å²) < 4.78 is 7.23. The van der Waals surface area contributed by atoms with E-state index in [0.717, 1.165) is 6.42 Å². The first-order valence-corrected chi connectivity index (χ1v) is 5.81. The number of esters is 1. The van der Waals surface area contributed by atoms with Crippen LogP contribution in [-0.4, -0.2) is 12.1 Å². The van der Waals surface area contributed by atoms with E-state index in [0.29, 0.717) is 0 Å². The van der Waals surface area contributed by atoms with Crippen LogP contribution in [0.5, 0.6) is 0 Å². The number of ether oxygens (including phenoxy) is 1. The molecule has 0 aromatic carbocycles. The fraction of sp³-hybridized carbons (Fsp3) is 0.545. The number of hydrogen-bond acceptors (Lipinski definition) is 2. The van der Waals surface area contributed by atoms with E-state index in [1.165, 1.54) is 12.5 Å². The molecule has 0 saturated carbocycles. The summed E-state index contributed by atoms with van der Waals surface area (Å²) in [5.74, 6) is -0.0461. The van der Waals surface area contributed by atoms with E-state index in [-0.39, 0.29) is 18.0 Å². The highest BCUT2D eigenvalue weighted by molar-refractivity contribution is 14.1. The van der Waals surface area contributed by atoms with Crippen LogP contribution in [0.3, 0.4) is 0 Å². The third kappa shape index (κ3) is 5.42. The molecule has 0 aromatic rings. The summed E-state index contributed by atoms with van der Waals surface area (Å²) in [4.78, 5) is 10.9. The largest absolute Gasteiger partial charge is 0.462 e. The summed E-state index contributed by atoms with van der Waals surface area (Å²) in [6.07, 6.45) is 2.50. The molecule has 2 atom stereocenters. The molecule has 0 aromatic heterocycles. The molecule has 0 radical (unpaired) electrons. The Morgan fingerprint density at radius 1 is 1.57 bits per heavy atom. The van der Waals surface area contributed by atoms with Crippen LogP contribution in [-0.2, 0) is 9.53 Å². The summed E-state index contributed by atoms with van der Waals surface area (Å²) in [5, 5.41) is 0. The summed E-state index contributed by atoms with van der Waals surface area (Å²) >= 11 is 2.19. The van der Waals surface area contributed by atoms with Crippen LogP contribution >= 0.6 is 22.6 Å². The Morgan fingerprint density at radius 3 is 2.50 bits per heavy atom. The molecule has 2 nitrogen and oxygen atoms in total. The van der Waals surface area contributed by atoms with Crippen molar-refractivity contribution < 1.29 is 9.53 Å². The van der Waals surface area contributed by atoms with E-state index >= 15 is 0 Å². The maximum atomic E-state index is 10.9. The van der Waals surface area contributed by atoms with Crippen LogP contribution in [0.2, 0.25) is 0 Å². The lowest BCUT2D eigenvalue weighted by Gasteiger charge is -2.21. The normalized spacial score (nSPS) is 15.9. The average molecular weight is 308 g/mol. The van der Waals surface area contributed by atoms with Crippen molar-refractivity contribution in [2.45, 2.75) is 33.3 Å². The maximum absolute atomic E-state index is 10.9. The molecule has 0 unspecified atom stereocenters. The Labute approximate surface area is 99.5 Å². The minimum Gasteiger partial charge on any atom is -0.462 e. The molecule has 0 amide bonds. The fourth-order valence-corrected chi connectivity index (χ4v) is 1.32. The van der Waals surface area contributed by atoms with Gasteiger partial charge in [-0.2, -0.15) is 0 Å². The standard InChI is InChI=1S/C11H17IO2/c1-5-9(3)11(14-10(4)13)6-8(2)7-12/h5,7,9,11H,1,6H2,2-4H3/b8-7+/t9-,11-/m1/s1. The molecular weight excluding hydrogens is 291 g/mol. The minimum atomic E-state index is -0.232. The van der Waals surface area contributed by atoms with Gasteiger partial charge in [0.25, 0.3) is 0 Å². The predicted octanol–water partition coefficient (Wildman–Crippen LogP) is 3.47. The van der Waals surface area contributed by atoms with Crippen molar-refractivity contribution in [3.63, 3.8) is 0 Å². The zero-order valence-corrected chi connectivity index (χ0v) is 11.1. The molecule has 0 rings (SSSR count). The van der Waals surface area contributed by atoms with Crippen molar-refractivity contribution in [3.05, 3.63) is 22.3 Å². The maximum Gasteiger partial charge on any atom is 0.302 e. The lowest BCUT2D eigenvalue weighted by atomic mass is 9.99. The van der Waals surface area contributed by atoms with Gasteiger partial charge in [-0.25, -0.2) is 0 Å². The quantitative estimate of drug-likeness (QED) is 0.442. The molecule has 0 aliphatic rings. The van der Waals surface area contributed by atoms with Crippen molar-refractivity contribution in [2.75, 3.05) is 0 Å². The van der Waals surface area contributed by atoms with E-state index in [1.807, 2.05) is 24.0 Å². The molecule has 0 fully saturated rings. The minimum absolute atomic E-state index is 0.0870. The number of hydrogen-bond donors (Lipinski definition) is 0. The molecule has 14 heavy (non-hydrogen) atoms. The van der Waals surface area contributed by atoms with Gasteiger partial charge in [-0.05, 0) is 11.0 Å². The third-order valence-corrected chi connectivity index (χ3v) is 3.05. The topological polar surface area (TPSA) is 26.3 Å². The molecule has 0 aliphatic heterocycles. The second-order valence-electron chi connectivity index (χ2n) is 3.40. The molecule has 0 aliphatic carbocycles. The Kier molecular flexibility index (Phi) is 6.87. The monoisotopic (exact) mass is 308 g/mol. The van der Waals surface area contributed by atoms with Gasteiger partial charge in [-0.15, -0.1) is 6.58 Å². The molecule has 0 spiro atoms. The number of halogens is 1. The van der Waals surface area contributed by atoms with Crippen LogP contribution < -0.4 is 0 Å². The fourth-order valence-electron chi connectivity index (χ4n) is 1.06. The van der Waals surface area contributed by atoms with Crippen molar-refractivity contribution in [3.8, 4) is 0 Å². The van der Waals surface area contributed by atoms with Crippen LogP contribution in [0.25, 0.3) is 0 Å². The van der Waals surface area contributed by atoms with E-state index in [2.05, 4.69) is 29.2 Å². The molecule has 0 N–H and O–H groups in total. The van der Waals surface area contributed by atoms with Gasteiger partial charge in [0.05, 0.1) is 0 Å². The van der Waals surface area contributed by atoms with Gasteiger partial charge in [-0.1, -0.05) is 41.2 Å². The smallest absolute Gasteiger partial charge is 0.302 e. The first kappa shape index (κ1) is 13.7. The van der Waals surface area contributed by atoms with Gasteiger partial charge in [0, 0.05) is 19.3 Å². The van der Waals surface area contributed by atoms with Gasteiger partial charge in [0.1, 0.15) is 6.10 Å². The molecule has 0 heterocycles. The second-order valence-corrected chi connectivity index (χ2v) is 4.03. The SMILES string of the molecule is C=C[C@@H](C)[C@@H](C/C(C)=C/I)OC(C)=O. The summed E-state index contributed by atoms with van der Waals surface area (Å²) in [6.45, 7) is 9.17. The third-order valence-electron chi connectivity index (χ3n) is 1.98. The highest BCUT2D eigenvalue weighted by Crippen LogP contribution is 2.18. The first-order chi connectivity index (χ1) is 6.51. The van der Waals surface area contributed by atoms with Crippen molar-refractivity contribution in [1.29, 1.82) is 0 Å². The zero-order chi connectivity index (χ0) is 11.1. The van der Waals surface area contributed by atoms with E-state index in [9.17, 15) is 4.79 Å². The van der Waals surface area contributed by atoms with Crippen LogP contribution in [0.15, 0.2) is 22.3 Å². The lowest BCUT2D eigenvalue weighted by Crippen LogP contribution is -2.23. The van der Waals surface area contributed by atoms with Crippen molar-refractivity contribution >= 4 is 28.6 Å². The summed E-state index contributed by atoms with van der Waals surface area (Å²) in [5.41, 5.74) is 1.21. The number of carbonyl (C=O) groups excluding carboxylic acids is 1. The average Bonchev–Trinajstić information content (AvgIpc) is 2.14. The molecule has 0 bridgehead atoms. The van der Waals surface area contributed by atoms with Gasteiger partial charge in [0.2, 0.25) is 0 Å². The van der Waals surface area contributed by atoms with Crippen LogP contribution in [0.1, 0.15) is 27.2 Å². The van der Waals surface area contributed by atoms with Gasteiger partial charge >= 0.3 is 5.97 Å². The van der Waals surface area contributed by atoms with Crippen LogP contribution in [0, 0.1) is 5.92 Å². The highest BCUT2D eigenvalue weighted by Gasteiger charge is 2.17. The Bertz CT molecular complexity index is 233. The summed E-state index contributed by atoms with van der Waals surface area (Å²) in [7, 11) is 0. The predicted molar refractivity (Wildman–Crippen MR) is 67.3 cm³/mol. The molecule has 3 heteroatoms. The molecular formula is C11H17IO2. The lowest BCUT2D eigenvalue weighted by molar-refractivity contribution is -0.147. The Morgan fingerprint density at radius 2 is 2.14 bits per heavy atom. The first-order valence-electron chi connectivity index (χ1n) is 4.56. The number of rotatable bonds is 5. The summed E-state index contributed by atoms with van der Waals surface area (Å²) in [6, 6.07) is 0. The highest BCUT2D eigenvalue weighted by atomic mass is 127. The van der Waals surface area contributed by atoms with E-state index < -0.39 is 0 Å². The molecule has 0 saturated heterocycles. The van der Waals surface area contributed by atoms with Crippen LogP contribution in [0.4, 0.5) is 0 Å². The Hall–Kier alpha value is -0.320. The molecule has 80 valence electrons. The Balaban J connectivity index is 4.39. The number of carbonyl (C=O) groups is 1. The van der Waals surface area contributed by atoms with Crippen molar-refractivity contribution in [2.24, 2.45) is 5.92 Å². The van der Waals surface area contributed by atoms with E-state index in [1.54, 1.807) is 0 Å². The van der Waals surface area contributed by atoms with E-state index in [4.69, 9.17) is 4.74 Å². The second kappa shape index (κ2) is 7.04.